The SMILES string of the molecule is CCCCCCOc1ccc(Nc2nc(Nc3ccc(OCC)cc3)ncc2C(F)(F)F)cc1. The highest BCUT2D eigenvalue weighted by atomic mass is 19.4. The predicted octanol–water partition coefficient (Wildman–Crippen LogP) is 7.34. The number of alkyl halides is 3. The highest BCUT2D eigenvalue weighted by Gasteiger charge is 2.35. The van der Waals surface area contributed by atoms with Gasteiger partial charge in [-0.1, -0.05) is 26.2 Å². The van der Waals surface area contributed by atoms with Gasteiger partial charge in [0, 0.05) is 17.6 Å². The van der Waals surface area contributed by atoms with E-state index in [4.69, 9.17) is 9.47 Å². The molecule has 2 N–H and O–H groups in total. The van der Waals surface area contributed by atoms with Crippen LogP contribution in [-0.2, 0) is 6.18 Å². The molecule has 0 saturated heterocycles. The van der Waals surface area contributed by atoms with Crippen LogP contribution in [0.1, 0.15) is 45.1 Å². The lowest BCUT2D eigenvalue weighted by Crippen LogP contribution is -2.12. The number of aromatic nitrogens is 2. The Kier molecular flexibility index (Phi) is 8.95. The number of hydrogen-bond acceptors (Lipinski definition) is 6. The summed E-state index contributed by atoms with van der Waals surface area (Å²) in [6.45, 7) is 5.17. The van der Waals surface area contributed by atoms with Crippen LogP contribution in [0.2, 0.25) is 0 Å². The summed E-state index contributed by atoms with van der Waals surface area (Å²) in [6.07, 6.45) is 0.551. The molecule has 0 unspecified atom stereocenters. The van der Waals surface area contributed by atoms with Gasteiger partial charge in [-0.2, -0.15) is 18.2 Å². The Balaban J connectivity index is 1.71. The first kappa shape index (κ1) is 25.1. The van der Waals surface area contributed by atoms with E-state index in [0.29, 0.717) is 36.1 Å². The molecule has 0 bridgehead atoms. The lowest BCUT2D eigenvalue weighted by atomic mass is 10.2. The first-order valence-electron chi connectivity index (χ1n) is 11.3. The van der Waals surface area contributed by atoms with Gasteiger partial charge in [-0.05, 0) is 61.9 Å². The minimum atomic E-state index is -4.61. The van der Waals surface area contributed by atoms with E-state index in [1.807, 2.05) is 6.92 Å². The van der Waals surface area contributed by atoms with Crippen LogP contribution < -0.4 is 20.1 Å². The number of ether oxygens (including phenoxy) is 2. The number of halogens is 3. The molecule has 2 aromatic carbocycles. The van der Waals surface area contributed by atoms with Crippen LogP contribution in [0.15, 0.2) is 54.7 Å². The van der Waals surface area contributed by atoms with E-state index in [1.54, 1.807) is 48.5 Å². The molecule has 1 heterocycles. The Labute approximate surface area is 197 Å². The van der Waals surface area contributed by atoms with Crippen molar-refractivity contribution in [3.63, 3.8) is 0 Å². The van der Waals surface area contributed by atoms with Crippen molar-refractivity contribution in [3.05, 3.63) is 60.3 Å². The van der Waals surface area contributed by atoms with Gasteiger partial charge in [0.2, 0.25) is 5.95 Å². The summed E-state index contributed by atoms with van der Waals surface area (Å²) in [5.74, 6) is 1.05. The van der Waals surface area contributed by atoms with E-state index in [0.717, 1.165) is 25.5 Å². The second-order valence-corrected chi connectivity index (χ2v) is 7.59. The van der Waals surface area contributed by atoms with Gasteiger partial charge in [-0.3, -0.25) is 0 Å². The minimum absolute atomic E-state index is 0.0340. The summed E-state index contributed by atoms with van der Waals surface area (Å²) in [5.41, 5.74) is 0.116. The van der Waals surface area contributed by atoms with Crippen LogP contribution in [0, 0.1) is 0 Å². The molecule has 0 fully saturated rings. The Morgan fingerprint density at radius 1 is 0.794 bits per heavy atom. The van der Waals surface area contributed by atoms with Crippen LogP contribution in [-0.4, -0.2) is 23.2 Å². The lowest BCUT2D eigenvalue weighted by molar-refractivity contribution is -0.137. The molecule has 0 amide bonds. The molecule has 6 nitrogen and oxygen atoms in total. The van der Waals surface area contributed by atoms with Gasteiger partial charge in [-0.15, -0.1) is 0 Å². The first-order valence-corrected chi connectivity index (χ1v) is 11.3. The van der Waals surface area contributed by atoms with E-state index < -0.39 is 11.7 Å². The number of nitrogens with one attached hydrogen (secondary N) is 2. The fourth-order valence-corrected chi connectivity index (χ4v) is 3.17. The smallest absolute Gasteiger partial charge is 0.421 e. The van der Waals surface area contributed by atoms with Gasteiger partial charge in [0.15, 0.2) is 0 Å². The molecule has 3 rings (SSSR count). The number of anilines is 4. The predicted molar refractivity (Wildman–Crippen MR) is 127 cm³/mol. The van der Waals surface area contributed by atoms with Crippen LogP contribution in [0.5, 0.6) is 11.5 Å². The second kappa shape index (κ2) is 12.1. The normalized spacial score (nSPS) is 11.2. The number of benzene rings is 2. The summed E-state index contributed by atoms with van der Waals surface area (Å²) < 4.78 is 51.7. The van der Waals surface area contributed by atoms with Crippen molar-refractivity contribution in [1.82, 2.24) is 9.97 Å². The van der Waals surface area contributed by atoms with Gasteiger partial charge in [0.05, 0.1) is 13.2 Å². The van der Waals surface area contributed by atoms with Crippen molar-refractivity contribution >= 4 is 23.1 Å². The molecule has 182 valence electrons. The second-order valence-electron chi connectivity index (χ2n) is 7.59. The molecule has 0 aliphatic heterocycles. The maximum atomic E-state index is 13.5. The Hall–Kier alpha value is -3.49. The van der Waals surface area contributed by atoms with Crippen molar-refractivity contribution in [2.45, 2.75) is 45.7 Å². The average Bonchev–Trinajstić information content (AvgIpc) is 2.81. The van der Waals surface area contributed by atoms with E-state index in [-0.39, 0.29) is 11.8 Å². The fraction of sp³-hybridized carbons (Fsp3) is 0.360. The third kappa shape index (κ3) is 7.54. The maximum absolute atomic E-state index is 13.5. The number of rotatable bonds is 12. The molecule has 34 heavy (non-hydrogen) atoms. The largest absolute Gasteiger partial charge is 0.494 e. The van der Waals surface area contributed by atoms with Crippen molar-refractivity contribution in [3.8, 4) is 11.5 Å². The van der Waals surface area contributed by atoms with Gasteiger partial charge >= 0.3 is 6.18 Å². The van der Waals surface area contributed by atoms with Crippen LogP contribution in [0.3, 0.4) is 0 Å². The molecule has 3 aromatic rings. The summed E-state index contributed by atoms with van der Waals surface area (Å²) in [7, 11) is 0. The van der Waals surface area contributed by atoms with Crippen molar-refractivity contribution < 1.29 is 22.6 Å². The van der Waals surface area contributed by atoms with Gasteiger partial charge in [0.1, 0.15) is 22.9 Å². The summed E-state index contributed by atoms with van der Waals surface area (Å²) in [6, 6.07) is 13.7. The zero-order valence-electron chi connectivity index (χ0n) is 19.3. The first-order chi connectivity index (χ1) is 16.4. The maximum Gasteiger partial charge on any atom is 0.421 e. The lowest BCUT2D eigenvalue weighted by Gasteiger charge is -2.15. The van der Waals surface area contributed by atoms with Crippen LogP contribution >= 0.6 is 0 Å². The quantitative estimate of drug-likeness (QED) is 0.268. The highest BCUT2D eigenvalue weighted by molar-refractivity contribution is 5.63. The van der Waals surface area contributed by atoms with Gasteiger partial charge in [-0.25, -0.2) is 4.98 Å². The van der Waals surface area contributed by atoms with E-state index in [1.165, 1.54) is 6.42 Å². The molecule has 0 spiro atoms. The Bertz CT molecular complexity index is 1030. The molecule has 0 aliphatic carbocycles. The number of hydrogen-bond donors (Lipinski definition) is 2. The number of unbranched alkanes of at least 4 members (excludes halogenated alkanes) is 3. The molecule has 0 aliphatic rings. The van der Waals surface area contributed by atoms with Gasteiger partial charge in [0.25, 0.3) is 0 Å². The third-order valence-electron chi connectivity index (χ3n) is 4.90. The molecular weight excluding hydrogens is 445 g/mol. The highest BCUT2D eigenvalue weighted by Crippen LogP contribution is 2.35. The topological polar surface area (TPSA) is 68.3 Å². The minimum Gasteiger partial charge on any atom is -0.494 e. The standard InChI is InChI=1S/C25H29F3N4O2/c1-3-5-6-7-16-34-21-14-8-18(9-15-21)30-23-22(25(26,27)28)17-29-24(32-23)31-19-10-12-20(13-11-19)33-4-2/h8-15,17H,3-7,16H2,1-2H3,(H2,29,30,31,32). The van der Waals surface area contributed by atoms with Crippen LogP contribution in [0.4, 0.5) is 36.3 Å². The zero-order chi connectivity index (χ0) is 24.4. The molecule has 0 saturated carbocycles. The summed E-state index contributed by atoms with van der Waals surface area (Å²) in [4.78, 5) is 7.91. The Morgan fingerprint density at radius 2 is 1.41 bits per heavy atom. The van der Waals surface area contributed by atoms with Crippen molar-refractivity contribution in [2.24, 2.45) is 0 Å². The molecule has 9 heteroatoms. The van der Waals surface area contributed by atoms with E-state index >= 15 is 0 Å². The van der Waals surface area contributed by atoms with E-state index in [9.17, 15) is 13.2 Å². The Morgan fingerprint density at radius 3 is 2.00 bits per heavy atom. The monoisotopic (exact) mass is 474 g/mol. The average molecular weight is 475 g/mol. The third-order valence-corrected chi connectivity index (χ3v) is 4.90. The van der Waals surface area contributed by atoms with Crippen molar-refractivity contribution in [2.75, 3.05) is 23.8 Å². The molecule has 1 aromatic heterocycles. The van der Waals surface area contributed by atoms with Gasteiger partial charge < -0.3 is 20.1 Å². The zero-order valence-corrected chi connectivity index (χ0v) is 19.3. The molecule has 0 atom stereocenters. The fourth-order valence-electron chi connectivity index (χ4n) is 3.17. The number of nitrogens with zero attached hydrogens (tertiary/aromatic N) is 2. The summed E-state index contributed by atoms with van der Waals surface area (Å²) in [5, 5.41) is 5.68. The summed E-state index contributed by atoms with van der Waals surface area (Å²) >= 11 is 0. The molecule has 0 radical (unpaired) electrons. The van der Waals surface area contributed by atoms with E-state index in [2.05, 4.69) is 27.5 Å². The molecular formula is C25H29F3N4O2. The van der Waals surface area contributed by atoms with Crippen LogP contribution in [0.25, 0.3) is 0 Å². The van der Waals surface area contributed by atoms with Crippen molar-refractivity contribution in [1.29, 1.82) is 0 Å².